The van der Waals surface area contributed by atoms with Crippen molar-refractivity contribution in [2.75, 3.05) is 26.7 Å². The molecule has 1 aliphatic carbocycles. The monoisotopic (exact) mass is 194 g/mol. The van der Waals surface area contributed by atoms with Crippen LogP contribution >= 0.6 is 0 Å². The molecule has 0 radical (unpaired) electrons. The molecule has 0 atom stereocenters. The molecule has 78 valence electrons. The minimum Gasteiger partial charge on any atom is -0.363 e. The molecule has 2 fully saturated rings. The van der Waals surface area contributed by atoms with Crippen LogP contribution in [0.3, 0.4) is 0 Å². The maximum atomic E-state index is 9.03. The average Bonchev–Trinajstić information content (AvgIpc) is 3.04. The highest BCUT2D eigenvalue weighted by atomic mass is 16.5. The van der Waals surface area contributed by atoms with E-state index in [2.05, 4.69) is 11.0 Å². The lowest BCUT2D eigenvalue weighted by Gasteiger charge is -2.36. The summed E-state index contributed by atoms with van der Waals surface area (Å²) in [7, 11) is 1.65. The number of nitrogens with zero attached hydrogens (tertiary/aromatic N) is 2. The molecule has 1 aliphatic heterocycles. The molecule has 0 amide bonds. The van der Waals surface area contributed by atoms with Crippen LogP contribution in [0.25, 0.3) is 0 Å². The quantitative estimate of drug-likeness (QED) is 0.681. The van der Waals surface area contributed by atoms with Gasteiger partial charge in [0.2, 0.25) is 0 Å². The summed E-state index contributed by atoms with van der Waals surface area (Å²) in [6.45, 7) is 3.29. The van der Waals surface area contributed by atoms with Gasteiger partial charge in [-0.2, -0.15) is 5.26 Å². The Morgan fingerprint density at radius 1 is 1.43 bits per heavy atom. The minimum atomic E-state index is -0.486. The van der Waals surface area contributed by atoms with E-state index in [9.17, 15) is 0 Å². The Hall–Kier alpha value is -0.590. The molecule has 0 aromatic rings. The lowest BCUT2D eigenvalue weighted by atomic mass is 9.92. The van der Waals surface area contributed by atoms with Gasteiger partial charge < -0.3 is 9.64 Å². The van der Waals surface area contributed by atoms with Gasteiger partial charge in [-0.05, 0) is 18.8 Å². The van der Waals surface area contributed by atoms with E-state index in [-0.39, 0.29) is 0 Å². The molecular formula is C11H18N2O. The molecule has 1 heterocycles. The van der Waals surface area contributed by atoms with Crippen LogP contribution in [0.5, 0.6) is 0 Å². The largest absolute Gasteiger partial charge is 0.363 e. The number of nitriles is 1. The summed E-state index contributed by atoms with van der Waals surface area (Å²) in [5.74, 6) is 0.951. The maximum absolute atomic E-state index is 9.03. The second kappa shape index (κ2) is 3.88. The first kappa shape index (κ1) is 9.95. The van der Waals surface area contributed by atoms with Crippen molar-refractivity contribution in [1.29, 1.82) is 5.26 Å². The molecule has 2 aliphatic rings. The Labute approximate surface area is 85.6 Å². The molecule has 3 heteroatoms. The van der Waals surface area contributed by atoms with Crippen LogP contribution in [-0.4, -0.2) is 37.2 Å². The van der Waals surface area contributed by atoms with Gasteiger partial charge in [-0.15, -0.1) is 0 Å². The predicted octanol–water partition coefficient (Wildman–Crippen LogP) is 1.40. The maximum Gasteiger partial charge on any atom is 0.156 e. The van der Waals surface area contributed by atoms with E-state index in [4.69, 9.17) is 10.00 Å². The van der Waals surface area contributed by atoms with Gasteiger partial charge in [0.1, 0.15) is 0 Å². The highest BCUT2D eigenvalue weighted by molar-refractivity contribution is 5.04. The molecule has 0 aromatic carbocycles. The summed E-state index contributed by atoms with van der Waals surface area (Å²) in [6.07, 6.45) is 4.55. The first-order valence-corrected chi connectivity index (χ1v) is 5.47. The topological polar surface area (TPSA) is 36.3 Å². The Morgan fingerprint density at radius 3 is 2.50 bits per heavy atom. The Morgan fingerprint density at radius 2 is 2.07 bits per heavy atom. The summed E-state index contributed by atoms with van der Waals surface area (Å²) in [5, 5.41) is 9.03. The smallest absolute Gasteiger partial charge is 0.156 e. The van der Waals surface area contributed by atoms with Crippen molar-refractivity contribution >= 4 is 0 Å². The molecule has 3 nitrogen and oxygen atoms in total. The standard InChI is InChI=1S/C11H18N2O/c1-14-11(9-12)4-6-13(7-5-11)8-10-2-3-10/h10H,2-8H2,1H3. The molecule has 1 saturated carbocycles. The van der Waals surface area contributed by atoms with Gasteiger partial charge in [0.15, 0.2) is 5.60 Å². The van der Waals surface area contributed by atoms with E-state index in [1.807, 2.05) is 0 Å². The second-order valence-electron chi connectivity index (χ2n) is 4.55. The Balaban J connectivity index is 1.81. The minimum absolute atomic E-state index is 0.486. The zero-order valence-electron chi connectivity index (χ0n) is 8.83. The Kier molecular flexibility index (Phi) is 2.76. The van der Waals surface area contributed by atoms with Crippen molar-refractivity contribution in [1.82, 2.24) is 4.90 Å². The zero-order valence-corrected chi connectivity index (χ0v) is 8.83. The third kappa shape index (κ3) is 2.08. The molecule has 14 heavy (non-hydrogen) atoms. The molecule has 2 rings (SSSR count). The molecule has 0 N–H and O–H groups in total. The van der Waals surface area contributed by atoms with Gasteiger partial charge in [0, 0.05) is 39.6 Å². The van der Waals surface area contributed by atoms with Gasteiger partial charge in [-0.25, -0.2) is 0 Å². The van der Waals surface area contributed by atoms with Gasteiger partial charge >= 0.3 is 0 Å². The van der Waals surface area contributed by atoms with Crippen molar-refractivity contribution in [3.63, 3.8) is 0 Å². The fourth-order valence-corrected chi connectivity index (χ4v) is 2.12. The van der Waals surface area contributed by atoms with E-state index in [0.717, 1.165) is 31.8 Å². The number of rotatable bonds is 3. The lowest BCUT2D eigenvalue weighted by molar-refractivity contribution is -0.0147. The summed E-state index contributed by atoms with van der Waals surface area (Å²) >= 11 is 0. The van der Waals surface area contributed by atoms with Gasteiger partial charge in [-0.3, -0.25) is 0 Å². The van der Waals surface area contributed by atoms with Gasteiger partial charge in [-0.1, -0.05) is 0 Å². The third-order valence-electron chi connectivity index (χ3n) is 3.47. The summed E-state index contributed by atoms with van der Waals surface area (Å²) < 4.78 is 5.31. The third-order valence-corrected chi connectivity index (χ3v) is 3.47. The van der Waals surface area contributed by atoms with Crippen LogP contribution in [-0.2, 0) is 4.74 Å². The molecule has 1 saturated heterocycles. The van der Waals surface area contributed by atoms with E-state index in [1.54, 1.807) is 7.11 Å². The molecule has 0 spiro atoms. The van der Waals surface area contributed by atoms with E-state index in [0.29, 0.717) is 0 Å². The van der Waals surface area contributed by atoms with Crippen LogP contribution < -0.4 is 0 Å². The van der Waals surface area contributed by atoms with Crippen molar-refractivity contribution in [3.8, 4) is 6.07 Å². The van der Waals surface area contributed by atoms with Crippen molar-refractivity contribution in [2.45, 2.75) is 31.3 Å². The van der Waals surface area contributed by atoms with E-state index >= 15 is 0 Å². The highest BCUT2D eigenvalue weighted by Crippen LogP contribution is 2.32. The predicted molar refractivity (Wildman–Crippen MR) is 53.8 cm³/mol. The lowest BCUT2D eigenvalue weighted by Crippen LogP contribution is -2.45. The van der Waals surface area contributed by atoms with Crippen LogP contribution in [0.15, 0.2) is 0 Å². The van der Waals surface area contributed by atoms with E-state index < -0.39 is 5.60 Å². The fourth-order valence-electron chi connectivity index (χ4n) is 2.12. The SMILES string of the molecule is COC1(C#N)CCN(CC2CC2)CC1. The molecule has 0 aromatic heterocycles. The fraction of sp³-hybridized carbons (Fsp3) is 0.909. The van der Waals surface area contributed by atoms with Crippen LogP contribution in [0, 0.1) is 17.2 Å². The number of methoxy groups -OCH3 is 1. The molecular weight excluding hydrogens is 176 g/mol. The number of hydrogen-bond donors (Lipinski definition) is 0. The molecule has 0 bridgehead atoms. The Bertz CT molecular complexity index is 234. The van der Waals surface area contributed by atoms with E-state index in [1.165, 1.54) is 19.4 Å². The van der Waals surface area contributed by atoms with Gasteiger partial charge in [0.05, 0.1) is 6.07 Å². The van der Waals surface area contributed by atoms with Crippen LogP contribution in [0.4, 0.5) is 0 Å². The normalized spacial score (nSPS) is 27.1. The van der Waals surface area contributed by atoms with Crippen molar-refractivity contribution in [3.05, 3.63) is 0 Å². The van der Waals surface area contributed by atoms with Crippen LogP contribution in [0.1, 0.15) is 25.7 Å². The number of likely N-dealkylation sites (tertiary alicyclic amines) is 1. The van der Waals surface area contributed by atoms with Crippen LogP contribution in [0.2, 0.25) is 0 Å². The summed E-state index contributed by atoms with van der Waals surface area (Å²) in [4.78, 5) is 2.48. The summed E-state index contributed by atoms with van der Waals surface area (Å²) in [5.41, 5.74) is -0.486. The average molecular weight is 194 g/mol. The van der Waals surface area contributed by atoms with Gasteiger partial charge in [0.25, 0.3) is 0 Å². The first-order valence-electron chi connectivity index (χ1n) is 5.47. The number of hydrogen-bond acceptors (Lipinski definition) is 3. The highest BCUT2D eigenvalue weighted by Gasteiger charge is 2.36. The van der Waals surface area contributed by atoms with Crippen molar-refractivity contribution < 1.29 is 4.74 Å². The number of ether oxygens (including phenoxy) is 1. The zero-order chi connectivity index (χ0) is 10.0. The van der Waals surface area contributed by atoms with Crippen molar-refractivity contribution in [2.24, 2.45) is 5.92 Å². The second-order valence-corrected chi connectivity index (χ2v) is 4.55. The molecule has 0 unspecified atom stereocenters. The first-order chi connectivity index (χ1) is 6.78. The number of piperidine rings is 1. The summed E-state index contributed by atoms with van der Waals surface area (Å²) in [6, 6.07) is 2.31.